The van der Waals surface area contributed by atoms with Gasteiger partial charge in [0.25, 0.3) is 0 Å². The number of rotatable bonds is 0. The fraction of sp³-hybridized carbons (Fsp3) is 0.455. The highest BCUT2D eigenvalue weighted by molar-refractivity contribution is 5.30. The third-order valence-electron chi connectivity index (χ3n) is 2.05. The van der Waals surface area contributed by atoms with Gasteiger partial charge in [-0.3, -0.25) is 0 Å². The monoisotopic (exact) mass is 334 g/mol. The molecule has 0 unspecified atom stereocenters. The van der Waals surface area contributed by atoms with Crippen molar-refractivity contribution in [3.63, 3.8) is 0 Å². The minimum atomic E-state index is 0.0880. The van der Waals surface area contributed by atoms with Gasteiger partial charge in [0.2, 0.25) is 0 Å². The third-order valence-corrected chi connectivity index (χ3v) is 2.05. The van der Waals surface area contributed by atoms with Crippen LogP contribution >= 0.6 is 0 Å². The van der Waals surface area contributed by atoms with Gasteiger partial charge in [-0.2, -0.15) is 0 Å². The van der Waals surface area contributed by atoms with Gasteiger partial charge in [-0.1, -0.05) is 95.8 Å². The first kappa shape index (κ1) is 26.9. The van der Waals surface area contributed by atoms with Gasteiger partial charge >= 0.3 is 0 Å². The molecule has 0 fully saturated rings. The number of phenols is 2. The predicted molar refractivity (Wildman–Crippen MR) is 109 cm³/mol. The molecule has 0 heterocycles. The summed E-state index contributed by atoms with van der Waals surface area (Å²) in [5, 5.41) is 17.3. The number of phenolic OH excluding ortho intramolecular Hbond substituents is 2. The Hall–Kier alpha value is -1.96. The van der Waals surface area contributed by atoms with Crippen molar-refractivity contribution in [3.05, 3.63) is 59.7 Å². The Morgan fingerprint density at radius 2 is 0.875 bits per heavy atom. The van der Waals surface area contributed by atoms with E-state index in [1.807, 2.05) is 13.8 Å². The van der Waals surface area contributed by atoms with Crippen LogP contribution in [0.5, 0.6) is 11.5 Å². The molecule has 0 bridgehead atoms. The molecule has 0 aliphatic carbocycles. The van der Waals surface area contributed by atoms with Crippen LogP contribution in [0, 0.1) is 13.8 Å². The van der Waals surface area contributed by atoms with E-state index in [4.69, 9.17) is 10.2 Å². The molecule has 2 nitrogen and oxygen atoms in total. The van der Waals surface area contributed by atoms with Crippen LogP contribution in [0.3, 0.4) is 0 Å². The second-order valence-corrected chi connectivity index (χ2v) is 5.09. The standard InChI is InChI=1S/C8H10.C6H6O2.2C3H8.C2H6/c1-7-3-5-8(2)6-4-7;7-5-2-1-3-6(8)4-5;2*1-3-2;1-2/h3-6H,1-2H3;1-4,7-8H;2*3H2,1-2H3;1-2H3. The Kier molecular flexibility index (Phi) is 23.6. The lowest BCUT2D eigenvalue weighted by Gasteiger charge is -1.90. The van der Waals surface area contributed by atoms with Crippen LogP contribution in [0.2, 0.25) is 0 Å². The molecule has 0 amide bonds. The maximum Gasteiger partial charge on any atom is 0.119 e. The van der Waals surface area contributed by atoms with Crippen LogP contribution < -0.4 is 0 Å². The Balaban J connectivity index is -0.000000260. The summed E-state index contributed by atoms with van der Waals surface area (Å²) in [7, 11) is 0. The zero-order chi connectivity index (χ0) is 19.4. The molecule has 2 N–H and O–H groups in total. The minimum Gasteiger partial charge on any atom is -0.508 e. The molecule has 0 saturated heterocycles. The summed E-state index contributed by atoms with van der Waals surface area (Å²) in [4.78, 5) is 0. The second-order valence-electron chi connectivity index (χ2n) is 5.09. The van der Waals surface area contributed by atoms with E-state index < -0.39 is 0 Å². The van der Waals surface area contributed by atoms with E-state index in [1.165, 1.54) is 42.2 Å². The Morgan fingerprint density at radius 1 is 0.625 bits per heavy atom. The summed E-state index contributed by atoms with van der Waals surface area (Å²) >= 11 is 0. The molecule has 0 spiro atoms. The summed E-state index contributed by atoms with van der Waals surface area (Å²) in [5.41, 5.74) is 2.66. The molecule has 0 aliphatic rings. The molecule has 0 aliphatic heterocycles. The molecule has 2 aromatic rings. The van der Waals surface area contributed by atoms with Gasteiger partial charge in [0.1, 0.15) is 11.5 Å². The quantitative estimate of drug-likeness (QED) is 0.532. The molecule has 2 aromatic carbocycles. The summed E-state index contributed by atoms with van der Waals surface area (Å²) < 4.78 is 0. The van der Waals surface area contributed by atoms with Gasteiger partial charge in [-0.15, -0.1) is 0 Å². The molecular formula is C22H38O2. The molecule has 0 saturated carbocycles. The normalized spacial score (nSPS) is 7.83. The Labute approximate surface area is 150 Å². The van der Waals surface area contributed by atoms with Crippen LogP contribution in [0.25, 0.3) is 0 Å². The van der Waals surface area contributed by atoms with Crippen molar-refractivity contribution in [1.29, 1.82) is 0 Å². The highest BCUT2D eigenvalue weighted by Gasteiger charge is 1.85. The van der Waals surface area contributed by atoms with E-state index in [0.717, 1.165) is 0 Å². The van der Waals surface area contributed by atoms with Crippen LogP contribution in [0.1, 0.15) is 65.5 Å². The molecule has 0 radical (unpaired) electrons. The molecule has 0 aromatic heterocycles. The van der Waals surface area contributed by atoms with Gasteiger partial charge in [0.15, 0.2) is 0 Å². The van der Waals surface area contributed by atoms with Gasteiger partial charge in [-0.25, -0.2) is 0 Å². The molecule has 0 atom stereocenters. The Bertz CT molecular complexity index is 421. The topological polar surface area (TPSA) is 40.5 Å². The van der Waals surface area contributed by atoms with Crippen molar-refractivity contribution in [1.82, 2.24) is 0 Å². The fourth-order valence-electron chi connectivity index (χ4n) is 1.13. The smallest absolute Gasteiger partial charge is 0.119 e. The lowest BCUT2D eigenvalue weighted by atomic mass is 10.2. The molecule has 2 heteroatoms. The molecule has 2 rings (SSSR count). The van der Waals surface area contributed by atoms with Crippen molar-refractivity contribution < 1.29 is 10.2 Å². The van der Waals surface area contributed by atoms with Gasteiger partial charge in [0, 0.05) is 6.07 Å². The first-order chi connectivity index (χ1) is 11.4. The molecular weight excluding hydrogens is 296 g/mol. The zero-order valence-electron chi connectivity index (χ0n) is 16.9. The molecule has 24 heavy (non-hydrogen) atoms. The first-order valence-electron chi connectivity index (χ1n) is 8.92. The van der Waals surface area contributed by atoms with Gasteiger partial charge in [-0.05, 0) is 26.0 Å². The fourth-order valence-corrected chi connectivity index (χ4v) is 1.13. The SMILES string of the molecule is CC.CCC.CCC.Cc1ccc(C)cc1.Oc1cccc(O)c1. The van der Waals surface area contributed by atoms with E-state index in [9.17, 15) is 0 Å². The average molecular weight is 335 g/mol. The highest BCUT2D eigenvalue weighted by atomic mass is 16.3. The van der Waals surface area contributed by atoms with Crippen molar-refractivity contribution in [2.24, 2.45) is 0 Å². The molecule has 138 valence electrons. The lowest BCUT2D eigenvalue weighted by molar-refractivity contribution is 0.450. The summed E-state index contributed by atoms with van der Waals surface area (Å²) in [6.07, 6.45) is 2.50. The average Bonchev–Trinajstić information content (AvgIpc) is 2.54. The van der Waals surface area contributed by atoms with E-state index in [1.54, 1.807) is 6.07 Å². The van der Waals surface area contributed by atoms with E-state index in [0.29, 0.717) is 0 Å². The van der Waals surface area contributed by atoms with E-state index in [2.05, 4.69) is 65.8 Å². The van der Waals surface area contributed by atoms with Gasteiger partial charge < -0.3 is 10.2 Å². The van der Waals surface area contributed by atoms with Crippen LogP contribution in [0.4, 0.5) is 0 Å². The largest absolute Gasteiger partial charge is 0.508 e. The van der Waals surface area contributed by atoms with Crippen LogP contribution in [0.15, 0.2) is 48.5 Å². The number of hydrogen-bond donors (Lipinski definition) is 2. The number of aromatic hydroxyl groups is 2. The van der Waals surface area contributed by atoms with Crippen molar-refractivity contribution >= 4 is 0 Å². The number of benzene rings is 2. The lowest BCUT2D eigenvalue weighted by Crippen LogP contribution is -1.70. The predicted octanol–water partition coefficient (Wildman–Crippen LogP) is 7.26. The van der Waals surface area contributed by atoms with Crippen molar-refractivity contribution in [3.8, 4) is 11.5 Å². The van der Waals surface area contributed by atoms with Crippen LogP contribution in [-0.2, 0) is 0 Å². The number of hydrogen-bond acceptors (Lipinski definition) is 2. The maximum absolute atomic E-state index is 8.65. The second kappa shape index (κ2) is 21.0. The Morgan fingerprint density at radius 3 is 1.04 bits per heavy atom. The minimum absolute atomic E-state index is 0.0880. The first-order valence-corrected chi connectivity index (χ1v) is 8.92. The van der Waals surface area contributed by atoms with Crippen molar-refractivity contribution in [2.75, 3.05) is 0 Å². The summed E-state index contributed by atoms with van der Waals surface area (Å²) in [5.74, 6) is 0.176. The van der Waals surface area contributed by atoms with Crippen molar-refractivity contribution in [2.45, 2.75) is 68.2 Å². The number of aryl methyl sites for hydroxylation is 2. The third kappa shape index (κ3) is 22.3. The summed E-state index contributed by atoms with van der Waals surface area (Å²) in [6.45, 7) is 16.7. The summed E-state index contributed by atoms with van der Waals surface area (Å²) in [6, 6.07) is 14.3. The maximum atomic E-state index is 8.65. The van der Waals surface area contributed by atoms with Gasteiger partial charge in [0.05, 0.1) is 0 Å². The van der Waals surface area contributed by atoms with E-state index in [-0.39, 0.29) is 11.5 Å². The van der Waals surface area contributed by atoms with Crippen LogP contribution in [-0.4, -0.2) is 10.2 Å². The zero-order valence-corrected chi connectivity index (χ0v) is 16.9. The highest BCUT2D eigenvalue weighted by Crippen LogP contribution is 2.14. The van der Waals surface area contributed by atoms with E-state index >= 15 is 0 Å².